The van der Waals surface area contributed by atoms with Gasteiger partial charge in [-0.1, -0.05) is 34.8 Å². The van der Waals surface area contributed by atoms with Crippen LogP contribution < -0.4 is 0 Å². The third kappa shape index (κ3) is 5.35. The summed E-state index contributed by atoms with van der Waals surface area (Å²) in [5, 5.41) is 20.8. The monoisotopic (exact) mass is 652 g/mol. The molecule has 7 nitrogen and oxygen atoms in total. The first kappa shape index (κ1) is 31.3. The van der Waals surface area contributed by atoms with Gasteiger partial charge in [0.05, 0.1) is 40.4 Å². The Morgan fingerprint density at radius 1 is 0.976 bits per heavy atom. The third-order valence-electron chi connectivity index (χ3n) is 6.55. The number of amides is 1. The minimum absolute atomic E-state index is 0.0305. The lowest BCUT2D eigenvalue weighted by atomic mass is 9.94. The summed E-state index contributed by atoms with van der Waals surface area (Å²) in [4.78, 5) is 18.6. The summed E-state index contributed by atoms with van der Waals surface area (Å²) < 4.78 is 94.7. The maximum Gasteiger partial charge on any atom is 0.435 e. The summed E-state index contributed by atoms with van der Waals surface area (Å²) in [5.74, 6) is -0.651. The summed E-state index contributed by atoms with van der Waals surface area (Å²) >= 11 is 18.1. The molecule has 1 fully saturated rings. The molecule has 42 heavy (non-hydrogen) atoms. The summed E-state index contributed by atoms with van der Waals surface area (Å²) in [6.45, 7) is -0.0305. The Bertz CT molecular complexity index is 1600. The van der Waals surface area contributed by atoms with Gasteiger partial charge >= 0.3 is 18.0 Å². The highest BCUT2D eigenvalue weighted by atomic mass is 35.5. The molecule has 4 rings (SSSR count). The lowest BCUT2D eigenvalue weighted by molar-refractivity contribution is -0.348. The SMILES string of the molecule is N#CCCN(C(=O)c1cc(-c2cnn(-c3c(Cl)cc(C(F)(C(F)(F)F)C(F)(F)F)cc3Cl)c2)cnc1Cl)C1(C#N)CC1. The molecule has 0 bridgehead atoms. The molecule has 2 aromatic heterocycles. The van der Waals surface area contributed by atoms with Gasteiger partial charge in [-0.05, 0) is 31.0 Å². The van der Waals surface area contributed by atoms with Gasteiger partial charge in [-0.2, -0.15) is 42.0 Å². The van der Waals surface area contributed by atoms with Crippen molar-refractivity contribution in [2.24, 2.45) is 0 Å². The molecule has 0 N–H and O–H groups in total. The van der Waals surface area contributed by atoms with Crippen LogP contribution in [0, 0.1) is 22.7 Å². The number of hydrogen-bond acceptors (Lipinski definition) is 5. The minimum atomic E-state index is -6.37. The number of benzene rings is 1. The second kappa shape index (κ2) is 10.9. The Morgan fingerprint density at radius 2 is 1.57 bits per heavy atom. The smallest absolute Gasteiger partial charge is 0.319 e. The molecule has 0 radical (unpaired) electrons. The number of nitrogens with zero attached hydrogens (tertiary/aromatic N) is 6. The van der Waals surface area contributed by atoms with Gasteiger partial charge in [0, 0.05) is 35.6 Å². The molecule has 0 atom stereocenters. The topological polar surface area (TPSA) is 98.6 Å². The van der Waals surface area contributed by atoms with Crippen LogP contribution in [0.4, 0.5) is 30.7 Å². The first-order chi connectivity index (χ1) is 19.5. The molecule has 1 aliphatic carbocycles. The number of pyridine rings is 1. The Morgan fingerprint density at radius 3 is 2.07 bits per heavy atom. The number of halogens is 10. The highest BCUT2D eigenvalue weighted by molar-refractivity contribution is 6.38. The highest BCUT2D eigenvalue weighted by Crippen LogP contribution is 2.54. The number of nitriles is 2. The second-order valence-corrected chi connectivity index (χ2v) is 10.4. The largest absolute Gasteiger partial charge is 0.435 e. The van der Waals surface area contributed by atoms with E-state index in [1.54, 1.807) is 0 Å². The van der Waals surface area contributed by atoms with Crippen LogP contribution in [0.2, 0.25) is 15.2 Å². The van der Waals surface area contributed by atoms with E-state index in [4.69, 9.17) is 40.1 Å². The number of rotatable bonds is 7. The summed E-state index contributed by atoms with van der Waals surface area (Å²) in [6.07, 6.45) is -8.27. The van der Waals surface area contributed by atoms with E-state index in [-0.39, 0.29) is 52.6 Å². The van der Waals surface area contributed by atoms with E-state index < -0.39 is 45.1 Å². The molecule has 0 saturated heterocycles. The van der Waals surface area contributed by atoms with Gasteiger partial charge in [-0.15, -0.1) is 0 Å². The van der Waals surface area contributed by atoms with Crippen LogP contribution >= 0.6 is 34.8 Å². The molecule has 0 aliphatic heterocycles. The van der Waals surface area contributed by atoms with Gasteiger partial charge in [-0.3, -0.25) is 4.79 Å². The Balaban J connectivity index is 1.72. The number of carbonyl (C=O) groups excluding carboxylic acids is 1. The lowest BCUT2D eigenvalue weighted by Crippen LogP contribution is -2.50. The van der Waals surface area contributed by atoms with E-state index in [0.29, 0.717) is 12.8 Å². The Labute approximate surface area is 247 Å². The van der Waals surface area contributed by atoms with Crippen molar-refractivity contribution in [3.63, 3.8) is 0 Å². The molecule has 220 valence electrons. The molecule has 1 aliphatic rings. The summed E-state index contributed by atoms with van der Waals surface area (Å²) in [6, 6.07) is 5.65. The number of aromatic nitrogens is 3. The van der Waals surface area contributed by atoms with Crippen molar-refractivity contribution in [2.45, 2.75) is 42.8 Å². The first-order valence-corrected chi connectivity index (χ1v) is 12.8. The predicted octanol–water partition coefficient (Wildman–Crippen LogP) is 7.60. The zero-order valence-corrected chi connectivity index (χ0v) is 22.9. The number of carbonyl (C=O) groups is 1. The standard InChI is InChI=1S/C25H14Cl3F7N6O/c26-17-7-15(23(29,24(30,31)32)25(33,34)35)8-18(27)19(17)41-11-14(10-39-41)13-6-16(20(28)38-9-13)21(42)40(5-1-4-36)22(12-37)2-3-22/h6-11H,1-3,5H2. The fraction of sp³-hybridized carbons (Fsp3) is 0.320. The maximum absolute atomic E-state index is 14.5. The van der Waals surface area contributed by atoms with Gasteiger partial charge in [-0.25, -0.2) is 14.1 Å². The predicted molar refractivity (Wildman–Crippen MR) is 136 cm³/mol. The Hall–Kier alpha value is -3.59. The van der Waals surface area contributed by atoms with Crippen LogP contribution in [-0.2, 0) is 5.67 Å². The van der Waals surface area contributed by atoms with Crippen LogP contribution in [-0.4, -0.2) is 50.0 Å². The van der Waals surface area contributed by atoms with Crippen molar-refractivity contribution < 1.29 is 35.5 Å². The van der Waals surface area contributed by atoms with Gasteiger partial charge in [0.25, 0.3) is 5.91 Å². The summed E-state index contributed by atoms with van der Waals surface area (Å²) in [5.41, 5.74) is -8.66. The lowest BCUT2D eigenvalue weighted by Gasteiger charge is -2.30. The molecule has 3 aromatic rings. The van der Waals surface area contributed by atoms with E-state index in [1.807, 2.05) is 6.07 Å². The first-order valence-electron chi connectivity index (χ1n) is 11.6. The third-order valence-corrected chi connectivity index (χ3v) is 7.43. The van der Waals surface area contributed by atoms with Crippen molar-refractivity contribution in [3.8, 4) is 29.0 Å². The van der Waals surface area contributed by atoms with Crippen LogP contribution in [0.5, 0.6) is 0 Å². The molecular weight excluding hydrogens is 640 g/mol. The van der Waals surface area contributed by atoms with Crippen molar-refractivity contribution >= 4 is 40.7 Å². The zero-order chi connectivity index (χ0) is 31.3. The van der Waals surface area contributed by atoms with Gasteiger partial charge < -0.3 is 4.90 Å². The number of hydrogen-bond donors (Lipinski definition) is 0. The average molecular weight is 654 g/mol. The number of alkyl halides is 7. The van der Waals surface area contributed by atoms with Crippen LogP contribution in [0.25, 0.3) is 16.8 Å². The quantitative estimate of drug-likeness (QED) is 0.193. The molecule has 0 unspecified atom stereocenters. The van der Waals surface area contributed by atoms with Crippen molar-refractivity contribution in [1.82, 2.24) is 19.7 Å². The molecule has 2 heterocycles. The fourth-order valence-electron chi connectivity index (χ4n) is 4.20. The van der Waals surface area contributed by atoms with Crippen molar-refractivity contribution in [3.05, 3.63) is 63.1 Å². The van der Waals surface area contributed by atoms with Gasteiger partial charge in [0.1, 0.15) is 16.4 Å². The minimum Gasteiger partial charge on any atom is -0.319 e. The van der Waals surface area contributed by atoms with Gasteiger partial charge in [0.2, 0.25) is 0 Å². The van der Waals surface area contributed by atoms with Crippen molar-refractivity contribution in [1.29, 1.82) is 10.5 Å². The van der Waals surface area contributed by atoms with E-state index in [2.05, 4.69) is 16.2 Å². The van der Waals surface area contributed by atoms with E-state index >= 15 is 0 Å². The molecule has 17 heteroatoms. The molecule has 0 spiro atoms. The van der Waals surface area contributed by atoms with Gasteiger partial charge in [0.15, 0.2) is 0 Å². The van der Waals surface area contributed by atoms with Crippen LogP contribution in [0.1, 0.15) is 35.2 Å². The maximum atomic E-state index is 14.5. The zero-order valence-electron chi connectivity index (χ0n) is 20.7. The Kier molecular flexibility index (Phi) is 8.15. The molecule has 1 amide bonds. The van der Waals surface area contributed by atoms with E-state index in [1.165, 1.54) is 29.6 Å². The fourth-order valence-corrected chi connectivity index (χ4v) is 5.04. The molecular formula is C25H14Cl3F7N6O. The normalized spacial score (nSPS) is 14.7. The highest BCUT2D eigenvalue weighted by Gasteiger charge is 2.73. The van der Waals surface area contributed by atoms with E-state index in [0.717, 1.165) is 4.68 Å². The van der Waals surface area contributed by atoms with E-state index in [9.17, 15) is 40.8 Å². The second-order valence-electron chi connectivity index (χ2n) is 9.19. The average Bonchev–Trinajstić information content (AvgIpc) is 3.55. The van der Waals surface area contributed by atoms with Crippen LogP contribution in [0.15, 0.2) is 36.8 Å². The van der Waals surface area contributed by atoms with Crippen molar-refractivity contribution in [2.75, 3.05) is 6.54 Å². The molecule has 1 aromatic carbocycles. The summed E-state index contributed by atoms with van der Waals surface area (Å²) in [7, 11) is 0. The van der Waals surface area contributed by atoms with Crippen LogP contribution in [0.3, 0.4) is 0 Å². The molecule has 1 saturated carbocycles.